The maximum Gasteiger partial charge on any atom is 0.322 e. The first kappa shape index (κ1) is 25.8. The van der Waals surface area contributed by atoms with Gasteiger partial charge in [0.25, 0.3) is 0 Å². The number of urea groups is 1. The van der Waals surface area contributed by atoms with Crippen LogP contribution in [0.2, 0.25) is 0 Å². The van der Waals surface area contributed by atoms with Gasteiger partial charge in [0.05, 0.1) is 26.5 Å². The number of methoxy groups -OCH3 is 2. The second-order valence-electron chi connectivity index (χ2n) is 7.62. The van der Waals surface area contributed by atoms with Gasteiger partial charge in [-0.05, 0) is 41.3 Å². The van der Waals surface area contributed by atoms with Gasteiger partial charge >= 0.3 is 6.03 Å². The van der Waals surface area contributed by atoms with E-state index in [1.54, 1.807) is 48.4 Å². The van der Waals surface area contributed by atoms with E-state index in [1.165, 1.54) is 35.5 Å². The number of benzene rings is 2. The summed E-state index contributed by atoms with van der Waals surface area (Å²) in [5.74, 6) is 0.426. The first-order valence-corrected chi connectivity index (χ1v) is 11.7. The van der Waals surface area contributed by atoms with Crippen molar-refractivity contribution in [1.29, 1.82) is 0 Å². The Morgan fingerprint density at radius 3 is 2.46 bits per heavy atom. The standard InChI is InChI=1S/C26H28FN3O4S/c1-4-13-29(26(32)28-23-12-11-21(33-2)15-24(23)34-3)18-25(31)30(17-22-6-5-14-35-22)16-19-7-9-20(27)10-8-19/h4-12,14-15H,1,13,16-18H2,2-3H3,(H,28,32). The third kappa shape index (κ3) is 7.31. The summed E-state index contributed by atoms with van der Waals surface area (Å²) in [6, 6.07) is 14.4. The quantitative estimate of drug-likeness (QED) is 0.372. The third-order valence-electron chi connectivity index (χ3n) is 5.18. The molecule has 0 radical (unpaired) electrons. The number of carbonyl (C=O) groups excluding carboxylic acids is 2. The van der Waals surface area contributed by atoms with Gasteiger partial charge in [-0.1, -0.05) is 24.3 Å². The Morgan fingerprint density at radius 2 is 1.83 bits per heavy atom. The number of carbonyl (C=O) groups is 2. The molecule has 9 heteroatoms. The number of hydrogen-bond donors (Lipinski definition) is 1. The lowest BCUT2D eigenvalue weighted by molar-refractivity contribution is -0.132. The number of ether oxygens (including phenoxy) is 2. The summed E-state index contributed by atoms with van der Waals surface area (Å²) in [5, 5.41) is 4.73. The Balaban J connectivity index is 1.76. The molecule has 2 aromatic carbocycles. The summed E-state index contributed by atoms with van der Waals surface area (Å²) in [4.78, 5) is 30.4. The molecule has 1 N–H and O–H groups in total. The van der Waals surface area contributed by atoms with E-state index in [2.05, 4.69) is 11.9 Å². The third-order valence-corrected chi connectivity index (χ3v) is 6.04. The van der Waals surface area contributed by atoms with Gasteiger partial charge in [0.1, 0.15) is 23.9 Å². The average Bonchev–Trinajstić information content (AvgIpc) is 3.38. The molecule has 0 aliphatic rings. The smallest absolute Gasteiger partial charge is 0.322 e. The predicted molar refractivity (Wildman–Crippen MR) is 135 cm³/mol. The molecular weight excluding hydrogens is 469 g/mol. The molecule has 184 valence electrons. The molecule has 0 aliphatic heterocycles. The number of nitrogens with one attached hydrogen (secondary N) is 1. The highest BCUT2D eigenvalue weighted by atomic mass is 32.1. The van der Waals surface area contributed by atoms with E-state index in [9.17, 15) is 14.0 Å². The van der Waals surface area contributed by atoms with Crippen molar-refractivity contribution in [2.24, 2.45) is 0 Å². The first-order valence-electron chi connectivity index (χ1n) is 10.9. The SMILES string of the molecule is C=CCN(CC(=O)N(Cc1ccc(F)cc1)Cc1cccs1)C(=O)Nc1ccc(OC)cc1OC. The monoisotopic (exact) mass is 497 g/mol. The van der Waals surface area contributed by atoms with E-state index in [0.29, 0.717) is 23.7 Å². The summed E-state index contributed by atoms with van der Waals surface area (Å²) < 4.78 is 23.9. The Morgan fingerprint density at radius 1 is 1.06 bits per heavy atom. The molecule has 3 amide bonds. The molecule has 1 heterocycles. The summed E-state index contributed by atoms with van der Waals surface area (Å²) in [6.07, 6.45) is 1.56. The van der Waals surface area contributed by atoms with Gasteiger partial charge in [-0.2, -0.15) is 0 Å². The van der Waals surface area contributed by atoms with Crippen molar-refractivity contribution in [3.05, 3.63) is 88.9 Å². The van der Waals surface area contributed by atoms with E-state index in [1.807, 2.05) is 17.5 Å². The van der Waals surface area contributed by atoms with E-state index in [0.717, 1.165) is 10.4 Å². The van der Waals surface area contributed by atoms with Crippen molar-refractivity contribution in [2.45, 2.75) is 13.1 Å². The lowest BCUT2D eigenvalue weighted by Gasteiger charge is -2.27. The van der Waals surface area contributed by atoms with Gasteiger partial charge in [0, 0.05) is 24.0 Å². The molecule has 3 rings (SSSR count). The summed E-state index contributed by atoms with van der Waals surface area (Å²) >= 11 is 1.54. The number of rotatable bonds is 11. The highest BCUT2D eigenvalue weighted by molar-refractivity contribution is 7.09. The van der Waals surface area contributed by atoms with Crippen LogP contribution in [0.1, 0.15) is 10.4 Å². The van der Waals surface area contributed by atoms with Gasteiger partial charge in [0.2, 0.25) is 5.91 Å². The van der Waals surface area contributed by atoms with Crippen LogP contribution in [-0.4, -0.2) is 49.0 Å². The zero-order valence-electron chi connectivity index (χ0n) is 19.7. The first-order chi connectivity index (χ1) is 16.9. The number of hydrogen-bond acceptors (Lipinski definition) is 5. The summed E-state index contributed by atoms with van der Waals surface area (Å²) in [5.41, 5.74) is 1.24. The van der Waals surface area contributed by atoms with Gasteiger partial charge < -0.3 is 24.6 Å². The molecule has 1 aromatic heterocycles. The molecule has 7 nitrogen and oxygen atoms in total. The van der Waals surface area contributed by atoms with Gasteiger partial charge in [-0.3, -0.25) is 4.79 Å². The van der Waals surface area contributed by atoms with Crippen LogP contribution in [0.25, 0.3) is 0 Å². The highest BCUT2D eigenvalue weighted by Gasteiger charge is 2.22. The maximum absolute atomic E-state index is 13.4. The average molecular weight is 498 g/mol. The molecule has 0 aliphatic carbocycles. The van der Waals surface area contributed by atoms with E-state index >= 15 is 0 Å². The van der Waals surface area contributed by atoms with Crippen LogP contribution in [-0.2, 0) is 17.9 Å². The summed E-state index contributed by atoms with van der Waals surface area (Å²) in [7, 11) is 3.03. The van der Waals surface area contributed by atoms with Crippen LogP contribution in [0.5, 0.6) is 11.5 Å². The molecular formula is C26H28FN3O4S. The van der Waals surface area contributed by atoms with E-state index in [4.69, 9.17) is 9.47 Å². The molecule has 0 unspecified atom stereocenters. The van der Waals surface area contributed by atoms with Crippen molar-refractivity contribution >= 4 is 29.0 Å². The molecule has 0 saturated heterocycles. The van der Waals surface area contributed by atoms with Crippen LogP contribution in [0.15, 0.2) is 72.6 Å². The van der Waals surface area contributed by atoms with Crippen LogP contribution < -0.4 is 14.8 Å². The maximum atomic E-state index is 13.4. The van der Waals surface area contributed by atoms with Crippen molar-refractivity contribution in [1.82, 2.24) is 9.80 Å². The molecule has 0 atom stereocenters. The van der Waals surface area contributed by atoms with Gasteiger partial charge in [-0.15, -0.1) is 17.9 Å². The Hall–Kier alpha value is -3.85. The second-order valence-corrected chi connectivity index (χ2v) is 8.65. The largest absolute Gasteiger partial charge is 0.497 e. The van der Waals surface area contributed by atoms with Gasteiger partial charge in [-0.25, -0.2) is 9.18 Å². The Kier molecular flexibility index (Phi) is 9.25. The normalized spacial score (nSPS) is 10.4. The fourth-order valence-corrected chi connectivity index (χ4v) is 4.09. The number of amides is 3. The van der Waals surface area contributed by atoms with E-state index < -0.39 is 6.03 Å². The summed E-state index contributed by atoms with van der Waals surface area (Å²) in [6.45, 7) is 4.38. The minimum absolute atomic E-state index is 0.164. The number of thiophene rings is 1. The molecule has 0 saturated carbocycles. The fraction of sp³-hybridized carbons (Fsp3) is 0.231. The van der Waals surface area contributed by atoms with Gasteiger partial charge in [0.15, 0.2) is 0 Å². The Labute approximate surface area is 208 Å². The minimum Gasteiger partial charge on any atom is -0.497 e. The van der Waals surface area contributed by atoms with Crippen molar-refractivity contribution < 1.29 is 23.5 Å². The molecule has 0 bridgehead atoms. The number of anilines is 1. The minimum atomic E-state index is -0.473. The fourth-order valence-electron chi connectivity index (χ4n) is 3.37. The zero-order chi connectivity index (χ0) is 25.2. The lowest BCUT2D eigenvalue weighted by Crippen LogP contribution is -2.44. The molecule has 3 aromatic rings. The van der Waals surface area contributed by atoms with Crippen molar-refractivity contribution in [3.63, 3.8) is 0 Å². The Bertz CT molecular complexity index is 1140. The second kappa shape index (κ2) is 12.6. The number of halogens is 1. The highest BCUT2D eigenvalue weighted by Crippen LogP contribution is 2.29. The van der Waals surface area contributed by atoms with Crippen LogP contribution in [0.3, 0.4) is 0 Å². The lowest BCUT2D eigenvalue weighted by atomic mass is 10.2. The molecule has 0 fully saturated rings. The van der Waals surface area contributed by atoms with E-state index in [-0.39, 0.29) is 31.4 Å². The van der Waals surface area contributed by atoms with Crippen LogP contribution >= 0.6 is 11.3 Å². The molecule has 0 spiro atoms. The number of nitrogens with zero attached hydrogens (tertiary/aromatic N) is 2. The van der Waals surface area contributed by atoms with Crippen molar-refractivity contribution in [3.8, 4) is 11.5 Å². The van der Waals surface area contributed by atoms with Crippen LogP contribution in [0.4, 0.5) is 14.9 Å². The van der Waals surface area contributed by atoms with Crippen molar-refractivity contribution in [2.75, 3.05) is 32.6 Å². The van der Waals surface area contributed by atoms with Crippen LogP contribution in [0, 0.1) is 5.82 Å². The molecule has 35 heavy (non-hydrogen) atoms. The predicted octanol–water partition coefficient (Wildman–Crippen LogP) is 5.15. The zero-order valence-corrected chi connectivity index (χ0v) is 20.5. The topological polar surface area (TPSA) is 71.1 Å².